The Labute approximate surface area is 104 Å². The van der Waals surface area contributed by atoms with Gasteiger partial charge < -0.3 is 10.0 Å². The maximum absolute atomic E-state index is 12.2. The van der Waals surface area contributed by atoms with Gasteiger partial charge in [-0.25, -0.2) is 0 Å². The lowest BCUT2D eigenvalue weighted by Crippen LogP contribution is -2.30. The summed E-state index contributed by atoms with van der Waals surface area (Å²) in [6.45, 7) is 2.28. The van der Waals surface area contributed by atoms with Crippen molar-refractivity contribution in [2.45, 2.75) is 19.4 Å². The number of amides is 1. The number of rotatable bonds is 2. The second kappa shape index (κ2) is 4.73. The predicted octanol–water partition coefficient (Wildman–Crippen LogP) is 1.11. The number of carbonyl (C=O) groups excluding carboxylic acids is 1. The van der Waals surface area contributed by atoms with E-state index in [4.69, 9.17) is 0 Å². The van der Waals surface area contributed by atoms with Gasteiger partial charge in [-0.3, -0.25) is 14.9 Å². The van der Waals surface area contributed by atoms with Crippen LogP contribution in [0.4, 0.5) is 5.69 Å². The minimum Gasteiger partial charge on any atom is -0.391 e. The Morgan fingerprint density at radius 3 is 2.83 bits per heavy atom. The smallest absolute Gasteiger partial charge is 0.285 e. The molecule has 6 heteroatoms. The van der Waals surface area contributed by atoms with Crippen LogP contribution in [0.1, 0.15) is 22.3 Å². The SMILES string of the molecule is Cc1cccc(C(=O)N2CC[C@H](O)C2)c1[N+](=O)[O-]. The number of aliphatic hydroxyl groups is 1. The summed E-state index contributed by atoms with van der Waals surface area (Å²) in [7, 11) is 0. The number of β-amino-alcohol motifs (C(OH)–C–C–N with tert-alkyl or cyclic N) is 1. The predicted molar refractivity (Wildman–Crippen MR) is 64.4 cm³/mol. The molecular formula is C12H14N2O4. The minimum atomic E-state index is -0.533. The summed E-state index contributed by atoms with van der Waals surface area (Å²) in [6, 6.07) is 4.69. The third-order valence-electron chi connectivity index (χ3n) is 3.10. The van der Waals surface area contributed by atoms with E-state index in [1.54, 1.807) is 19.1 Å². The molecule has 6 nitrogen and oxygen atoms in total. The van der Waals surface area contributed by atoms with Crippen LogP contribution in [0.15, 0.2) is 18.2 Å². The number of hydrogen-bond donors (Lipinski definition) is 1. The third-order valence-corrected chi connectivity index (χ3v) is 3.10. The van der Waals surface area contributed by atoms with E-state index >= 15 is 0 Å². The monoisotopic (exact) mass is 250 g/mol. The second-order valence-corrected chi connectivity index (χ2v) is 4.42. The summed E-state index contributed by atoms with van der Waals surface area (Å²) < 4.78 is 0. The fourth-order valence-corrected chi connectivity index (χ4v) is 2.17. The normalized spacial score (nSPS) is 19.0. The summed E-state index contributed by atoms with van der Waals surface area (Å²) in [5, 5.41) is 20.4. The Morgan fingerprint density at radius 2 is 2.28 bits per heavy atom. The summed E-state index contributed by atoms with van der Waals surface area (Å²) in [6.07, 6.45) is -0.0106. The van der Waals surface area contributed by atoms with E-state index in [0.717, 1.165) is 0 Å². The average molecular weight is 250 g/mol. The van der Waals surface area contributed by atoms with Crippen molar-refractivity contribution in [2.75, 3.05) is 13.1 Å². The van der Waals surface area contributed by atoms with Crippen LogP contribution in [-0.4, -0.2) is 40.0 Å². The number of carbonyl (C=O) groups is 1. The largest absolute Gasteiger partial charge is 0.391 e. The first-order valence-electron chi connectivity index (χ1n) is 5.72. The number of nitro benzene ring substituents is 1. The van der Waals surface area contributed by atoms with Gasteiger partial charge in [0.1, 0.15) is 5.56 Å². The quantitative estimate of drug-likeness (QED) is 0.629. The molecule has 2 rings (SSSR count). The molecule has 0 unspecified atom stereocenters. The Morgan fingerprint density at radius 1 is 1.56 bits per heavy atom. The lowest BCUT2D eigenvalue weighted by molar-refractivity contribution is -0.385. The highest BCUT2D eigenvalue weighted by Crippen LogP contribution is 2.25. The fourth-order valence-electron chi connectivity index (χ4n) is 2.17. The topological polar surface area (TPSA) is 83.7 Å². The molecule has 1 atom stereocenters. The fraction of sp³-hybridized carbons (Fsp3) is 0.417. The van der Waals surface area contributed by atoms with Gasteiger partial charge in [-0.1, -0.05) is 12.1 Å². The molecule has 0 aromatic heterocycles. The van der Waals surface area contributed by atoms with E-state index in [0.29, 0.717) is 18.5 Å². The number of likely N-dealkylation sites (tertiary alicyclic amines) is 1. The summed E-state index contributed by atoms with van der Waals surface area (Å²) >= 11 is 0. The van der Waals surface area contributed by atoms with Crippen LogP contribution >= 0.6 is 0 Å². The zero-order valence-corrected chi connectivity index (χ0v) is 10.00. The number of aliphatic hydroxyl groups excluding tert-OH is 1. The molecule has 96 valence electrons. The summed E-state index contributed by atoms with van der Waals surface area (Å²) in [5.41, 5.74) is 0.406. The van der Waals surface area contributed by atoms with Gasteiger partial charge in [0.15, 0.2) is 0 Å². The van der Waals surface area contributed by atoms with Crippen LogP contribution in [0.3, 0.4) is 0 Å². The molecule has 0 radical (unpaired) electrons. The summed E-state index contributed by atoms with van der Waals surface area (Å²) in [5.74, 6) is -0.387. The van der Waals surface area contributed by atoms with E-state index in [9.17, 15) is 20.0 Å². The first kappa shape index (κ1) is 12.5. The van der Waals surface area contributed by atoms with Crippen LogP contribution in [0.5, 0.6) is 0 Å². The molecule has 1 saturated heterocycles. The Kier molecular flexibility index (Phi) is 3.29. The zero-order valence-electron chi connectivity index (χ0n) is 10.00. The molecule has 0 aliphatic carbocycles. The highest BCUT2D eigenvalue weighted by atomic mass is 16.6. The van der Waals surface area contributed by atoms with E-state index in [-0.39, 0.29) is 23.7 Å². The van der Waals surface area contributed by atoms with Crippen molar-refractivity contribution in [3.8, 4) is 0 Å². The molecule has 1 N–H and O–H groups in total. The van der Waals surface area contributed by atoms with Crippen molar-refractivity contribution in [1.82, 2.24) is 4.90 Å². The molecule has 1 aromatic rings. The maximum atomic E-state index is 12.2. The van der Waals surface area contributed by atoms with Crippen molar-refractivity contribution in [2.24, 2.45) is 0 Å². The molecular weight excluding hydrogens is 236 g/mol. The Hall–Kier alpha value is -1.95. The molecule has 0 saturated carbocycles. The van der Waals surface area contributed by atoms with Crippen LogP contribution in [0.2, 0.25) is 0 Å². The Bertz CT molecular complexity index is 501. The van der Waals surface area contributed by atoms with Crippen molar-refractivity contribution in [3.63, 3.8) is 0 Å². The first-order valence-corrected chi connectivity index (χ1v) is 5.72. The minimum absolute atomic E-state index is 0.0918. The van der Waals surface area contributed by atoms with Crippen molar-refractivity contribution in [1.29, 1.82) is 0 Å². The van der Waals surface area contributed by atoms with Gasteiger partial charge in [-0.2, -0.15) is 0 Å². The lowest BCUT2D eigenvalue weighted by atomic mass is 10.1. The first-order chi connectivity index (χ1) is 8.50. The van der Waals surface area contributed by atoms with E-state index < -0.39 is 11.0 Å². The molecule has 1 aromatic carbocycles. The number of hydrogen-bond acceptors (Lipinski definition) is 4. The number of nitro groups is 1. The van der Waals surface area contributed by atoms with Gasteiger partial charge in [0.25, 0.3) is 11.6 Å². The lowest BCUT2D eigenvalue weighted by Gasteiger charge is -2.15. The molecule has 1 aliphatic rings. The van der Waals surface area contributed by atoms with Crippen molar-refractivity contribution >= 4 is 11.6 Å². The molecule has 18 heavy (non-hydrogen) atoms. The molecule has 0 bridgehead atoms. The number of benzene rings is 1. The standard InChI is InChI=1S/C12H14N2O4/c1-8-3-2-4-10(11(8)14(17)18)12(16)13-6-5-9(15)7-13/h2-4,9,15H,5-7H2,1H3/t9-/m0/s1. The van der Waals surface area contributed by atoms with Gasteiger partial charge in [0.2, 0.25) is 0 Å². The van der Waals surface area contributed by atoms with Crippen molar-refractivity contribution in [3.05, 3.63) is 39.4 Å². The van der Waals surface area contributed by atoms with Crippen LogP contribution < -0.4 is 0 Å². The number of nitrogens with zero attached hydrogens (tertiary/aromatic N) is 2. The third kappa shape index (κ3) is 2.19. The maximum Gasteiger partial charge on any atom is 0.285 e. The molecule has 1 aliphatic heterocycles. The van der Waals surface area contributed by atoms with E-state index in [2.05, 4.69) is 0 Å². The van der Waals surface area contributed by atoms with Gasteiger partial charge in [0.05, 0.1) is 11.0 Å². The average Bonchev–Trinajstić information content (AvgIpc) is 2.74. The molecule has 1 heterocycles. The van der Waals surface area contributed by atoms with Crippen LogP contribution in [-0.2, 0) is 0 Å². The van der Waals surface area contributed by atoms with Gasteiger partial charge in [0, 0.05) is 18.7 Å². The van der Waals surface area contributed by atoms with E-state index in [1.807, 2.05) is 0 Å². The van der Waals surface area contributed by atoms with Gasteiger partial charge in [-0.15, -0.1) is 0 Å². The van der Waals surface area contributed by atoms with Gasteiger partial charge >= 0.3 is 0 Å². The Balaban J connectivity index is 2.36. The molecule has 1 amide bonds. The molecule has 1 fully saturated rings. The van der Waals surface area contributed by atoms with E-state index in [1.165, 1.54) is 11.0 Å². The highest BCUT2D eigenvalue weighted by molar-refractivity contribution is 5.98. The summed E-state index contributed by atoms with van der Waals surface area (Å²) in [4.78, 5) is 24.1. The molecule has 0 spiro atoms. The number of aryl methyl sites for hydroxylation is 1. The van der Waals surface area contributed by atoms with Crippen molar-refractivity contribution < 1.29 is 14.8 Å². The second-order valence-electron chi connectivity index (χ2n) is 4.42. The van der Waals surface area contributed by atoms with Crippen LogP contribution in [0, 0.1) is 17.0 Å². The highest BCUT2D eigenvalue weighted by Gasteiger charge is 2.30. The number of para-hydroxylation sites is 1. The van der Waals surface area contributed by atoms with Gasteiger partial charge in [-0.05, 0) is 19.4 Å². The van der Waals surface area contributed by atoms with Crippen LogP contribution in [0.25, 0.3) is 0 Å². The zero-order chi connectivity index (χ0) is 13.3.